The second-order valence-corrected chi connectivity index (χ2v) is 4.25. The summed E-state index contributed by atoms with van der Waals surface area (Å²) in [5.74, 6) is 0.128. The molecule has 0 radical (unpaired) electrons. The van der Waals surface area contributed by atoms with Gasteiger partial charge in [0.1, 0.15) is 0 Å². The fourth-order valence-corrected chi connectivity index (χ4v) is 1.91. The molecule has 0 spiro atoms. The number of nitrogen functional groups attached to an aromatic ring is 1. The number of nitrogens with zero attached hydrogens (tertiary/aromatic N) is 3. The molecule has 4 nitrogen and oxygen atoms in total. The van der Waals surface area contributed by atoms with Crippen LogP contribution in [-0.2, 0) is 12.6 Å². The van der Waals surface area contributed by atoms with E-state index in [1.807, 2.05) is 6.92 Å². The summed E-state index contributed by atoms with van der Waals surface area (Å²) in [5.41, 5.74) is 5.89. The van der Waals surface area contributed by atoms with Crippen LogP contribution in [0, 0.1) is 0 Å². The van der Waals surface area contributed by atoms with Gasteiger partial charge in [-0.1, -0.05) is 18.5 Å². The Morgan fingerprint density at radius 2 is 2.05 bits per heavy atom. The number of pyridine rings is 1. The van der Waals surface area contributed by atoms with Gasteiger partial charge >= 0.3 is 6.18 Å². The lowest BCUT2D eigenvalue weighted by atomic mass is 10.2. The first-order valence-electron chi connectivity index (χ1n) is 5.40. The standard InChI is InChI=1S/C11H10ClF3N4/c1-2-9-8(16)5-18-19(9)10-7(12)3-6(4-17-10)11(13,14)15/h3-5H,2,16H2,1H3. The van der Waals surface area contributed by atoms with Gasteiger partial charge in [0.25, 0.3) is 0 Å². The molecule has 2 heterocycles. The van der Waals surface area contributed by atoms with Crippen LogP contribution in [0.4, 0.5) is 18.9 Å². The zero-order chi connectivity index (χ0) is 14.2. The lowest BCUT2D eigenvalue weighted by molar-refractivity contribution is -0.137. The SMILES string of the molecule is CCc1c(N)cnn1-c1ncc(C(F)(F)F)cc1Cl. The number of hydrogen-bond acceptors (Lipinski definition) is 3. The zero-order valence-corrected chi connectivity index (χ0v) is 10.6. The molecule has 8 heteroatoms. The fraction of sp³-hybridized carbons (Fsp3) is 0.273. The Morgan fingerprint density at radius 3 is 2.58 bits per heavy atom. The van der Waals surface area contributed by atoms with Gasteiger partial charge in [-0.05, 0) is 12.5 Å². The molecule has 0 aliphatic carbocycles. The van der Waals surface area contributed by atoms with E-state index in [0.717, 1.165) is 12.3 Å². The van der Waals surface area contributed by atoms with E-state index in [2.05, 4.69) is 10.1 Å². The Hall–Kier alpha value is -1.76. The van der Waals surface area contributed by atoms with Crippen LogP contribution in [0.25, 0.3) is 5.82 Å². The van der Waals surface area contributed by atoms with Gasteiger partial charge < -0.3 is 5.73 Å². The summed E-state index contributed by atoms with van der Waals surface area (Å²) in [6.07, 6.45) is -1.79. The smallest absolute Gasteiger partial charge is 0.396 e. The molecular formula is C11H10ClF3N4. The summed E-state index contributed by atoms with van der Waals surface area (Å²) < 4.78 is 38.9. The lowest BCUT2D eigenvalue weighted by Gasteiger charge is -2.10. The van der Waals surface area contributed by atoms with E-state index < -0.39 is 11.7 Å². The van der Waals surface area contributed by atoms with Crippen molar-refractivity contribution in [3.8, 4) is 5.82 Å². The summed E-state index contributed by atoms with van der Waals surface area (Å²) in [7, 11) is 0. The van der Waals surface area contributed by atoms with Crippen molar-refractivity contribution in [3.05, 3.63) is 34.7 Å². The summed E-state index contributed by atoms with van der Waals surface area (Å²) in [4.78, 5) is 3.73. The third-order valence-corrected chi connectivity index (χ3v) is 2.86. The highest BCUT2D eigenvalue weighted by Gasteiger charge is 2.32. The Balaban J connectivity index is 2.52. The van der Waals surface area contributed by atoms with Crippen LogP contribution in [0.5, 0.6) is 0 Å². The second-order valence-electron chi connectivity index (χ2n) is 3.84. The van der Waals surface area contributed by atoms with E-state index in [9.17, 15) is 13.2 Å². The Bertz CT molecular complexity index is 606. The summed E-state index contributed by atoms with van der Waals surface area (Å²) >= 11 is 5.84. The minimum Gasteiger partial charge on any atom is -0.396 e. The van der Waals surface area contributed by atoms with Gasteiger partial charge in [-0.25, -0.2) is 9.67 Å². The molecule has 0 aliphatic heterocycles. The Morgan fingerprint density at radius 1 is 1.37 bits per heavy atom. The van der Waals surface area contributed by atoms with Crippen LogP contribution in [0.2, 0.25) is 5.02 Å². The molecule has 2 N–H and O–H groups in total. The zero-order valence-electron chi connectivity index (χ0n) is 9.87. The quantitative estimate of drug-likeness (QED) is 0.924. The molecule has 0 aromatic carbocycles. The number of hydrogen-bond donors (Lipinski definition) is 1. The molecule has 19 heavy (non-hydrogen) atoms. The largest absolute Gasteiger partial charge is 0.417 e. The van der Waals surface area contributed by atoms with Crippen molar-refractivity contribution < 1.29 is 13.2 Å². The normalized spacial score (nSPS) is 11.8. The van der Waals surface area contributed by atoms with Crippen molar-refractivity contribution in [1.29, 1.82) is 0 Å². The molecule has 0 fully saturated rings. The topological polar surface area (TPSA) is 56.7 Å². The first kappa shape index (κ1) is 13.7. The van der Waals surface area contributed by atoms with Crippen LogP contribution in [0.3, 0.4) is 0 Å². The Labute approximate surface area is 112 Å². The van der Waals surface area contributed by atoms with Gasteiger partial charge in [0, 0.05) is 6.20 Å². The summed E-state index contributed by atoms with van der Waals surface area (Å²) in [6.45, 7) is 1.85. The van der Waals surface area contributed by atoms with Crippen molar-refractivity contribution in [2.24, 2.45) is 0 Å². The van der Waals surface area contributed by atoms with E-state index in [1.54, 1.807) is 0 Å². The number of nitrogens with two attached hydrogens (primary N) is 1. The van der Waals surface area contributed by atoms with Gasteiger partial charge in [0.15, 0.2) is 5.82 Å². The maximum atomic E-state index is 12.5. The molecule has 0 atom stereocenters. The highest BCUT2D eigenvalue weighted by Crippen LogP contribution is 2.32. The van der Waals surface area contributed by atoms with Crippen LogP contribution in [0.1, 0.15) is 18.2 Å². The van der Waals surface area contributed by atoms with Crippen molar-refractivity contribution in [3.63, 3.8) is 0 Å². The maximum absolute atomic E-state index is 12.5. The van der Waals surface area contributed by atoms with Crippen molar-refractivity contribution >= 4 is 17.3 Å². The molecule has 2 aromatic heterocycles. The molecule has 0 saturated carbocycles. The fourth-order valence-electron chi connectivity index (χ4n) is 1.66. The van der Waals surface area contributed by atoms with Gasteiger partial charge in [-0.15, -0.1) is 0 Å². The number of anilines is 1. The van der Waals surface area contributed by atoms with Crippen LogP contribution < -0.4 is 5.73 Å². The number of aromatic nitrogens is 3. The molecule has 0 unspecified atom stereocenters. The first-order chi connectivity index (χ1) is 8.84. The summed E-state index contributed by atoms with van der Waals surface area (Å²) in [6, 6.07) is 0.821. The molecule has 102 valence electrons. The van der Waals surface area contributed by atoms with Crippen molar-refractivity contribution in [1.82, 2.24) is 14.8 Å². The molecule has 0 amide bonds. The molecule has 0 saturated heterocycles. The van der Waals surface area contributed by atoms with Gasteiger partial charge in [0.2, 0.25) is 0 Å². The molecule has 0 aliphatic rings. The average Bonchev–Trinajstić information content (AvgIpc) is 2.69. The van der Waals surface area contributed by atoms with E-state index in [0.29, 0.717) is 17.8 Å². The highest BCUT2D eigenvalue weighted by atomic mass is 35.5. The molecule has 2 rings (SSSR count). The first-order valence-corrected chi connectivity index (χ1v) is 5.78. The van der Waals surface area contributed by atoms with Crippen LogP contribution >= 0.6 is 11.6 Å². The molecular weight excluding hydrogens is 281 g/mol. The van der Waals surface area contributed by atoms with Crippen molar-refractivity contribution in [2.45, 2.75) is 19.5 Å². The lowest BCUT2D eigenvalue weighted by Crippen LogP contribution is -2.10. The van der Waals surface area contributed by atoms with Crippen LogP contribution in [0.15, 0.2) is 18.5 Å². The predicted molar refractivity (Wildman–Crippen MR) is 65.2 cm³/mol. The number of alkyl halides is 3. The van der Waals surface area contributed by atoms with Gasteiger partial charge in [-0.3, -0.25) is 0 Å². The van der Waals surface area contributed by atoms with Crippen molar-refractivity contribution in [2.75, 3.05) is 5.73 Å². The number of halogens is 4. The highest BCUT2D eigenvalue weighted by molar-refractivity contribution is 6.32. The Kier molecular flexibility index (Phi) is 3.40. The van der Waals surface area contributed by atoms with Gasteiger partial charge in [-0.2, -0.15) is 18.3 Å². The summed E-state index contributed by atoms with van der Waals surface area (Å²) in [5, 5.41) is 3.84. The average molecular weight is 291 g/mol. The van der Waals surface area contributed by atoms with Crippen LogP contribution in [-0.4, -0.2) is 14.8 Å². The maximum Gasteiger partial charge on any atom is 0.417 e. The minimum atomic E-state index is -4.48. The third kappa shape index (κ3) is 2.51. The monoisotopic (exact) mass is 290 g/mol. The molecule has 2 aromatic rings. The van der Waals surface area contributed by atoms with E-state index in [-0.39, 0.29) is 10.8 Å². The predicted octanol–water partition coefficient (Wildman–Crippen LogP) is 3.08. The third-order valence-electron chi connectivity index (χ3n) is 2.59. The van der Waals surface area contributed by atoms with E-state index in [4.69, 9.17) is 17.3 Å². The number of rotatable bonds is 2. The minimum absolute atomic E-state index is 0.128. The second kappa shape index (κ2) is 4.73. The molecule has 0 bridgehead atoms. The van der Waals surface area contributed by atoms with Gasteiger partial charge in [0.05, 0.1) is 28.2 Å². The van der Waals surface area contributed by atoms with E-state index >= 15 is 0 Å². The van der Waals surface area contributed by atoms with E-state index in [1.165, 1.54) is 10.9 Å².